The topological polar surface area (TPSA) is 97.4 Å². The summed E-state index contributed by atoms with van der Waals surface area (Å²) in [5.74, 6) is -1.67. The van der Waals surface area contributed by atoms with Crippen LogP contribution in [0.25, 0.3) is 10.6 Å². The Morgan fingerprint density at radius 2 is 1.72 bits per heavy atom. The molecule has 2 amide bonds. The molecule has 0 bridgehead atoms. The van der Waals surface area contributed by atoms with Gasteiger partial charge in [0, 0.05) is 16.5 Å². The van der Waals surface area contributed by atoms with E-state index in [0.717, 1.165) is 16.1 Å². The minimum absolute atomic E-state index is 0.0357. The summed E-state index contributed by atoms with van der Waals surface area (Å²) in [4.78, 5) is 39.9. The van der Waals surface area contributed by atoms with Crippen LogP contribution in [0.5, 0.6) is 0 Å². The fourth-order valence-corrected chi connectivity index (χ4v) is 3.21. The van der Waals surface area contributed by atoms with E-state index in [1.165, 1.54) is 11.3 Å². The second-order valence-electron chi connectivity index (χ2n) is 6.22. The Labute approximate surface area is 171 Å². The van der Waals surface area contributed by atoms with Gasteiger partial charge in [-0.3, -0.25) is 25.2 Å². The molecule has 1 heterocycles. The zero-order valence-corrected chi connectivity index (χ0v) is 16.5. The minimum Gasteiger partial charge on any atom is -0.455 e. The number of nitrogens with zero attached hydrogens (tertiary/aromatic N) is 1. The number of nitrogens with one attached hydrogen (secondary N) is 2. The molecule has 2 aromatic carbocycles. The van der Waals surface area contributed by atoms with Gasteiger partial charge >= 0.3 is 5.97 Å². The monoisotopic (exact) mass is 409 g/mol. The summed E-state index contributed by atoms with van der Waals surface area (Å²) in [7, 11) is 0. The number of aryl methyl sites for hydroxylation is 1. The lowest BCUT2D eigenvalue weighted by Crippen LogP contribution is -2.43. The van der Waals surface area contributed by atoms with Crippen LogP contribution in [0, 0.1) is 6.92 Å². The summed E-state index contributed by atoms with van der Waals surface area (Å²) < 4.78 is 4.94. The fraction of sp³-hybridized carbons (Fsp3) is 0.143. The molecule has 0 fully saturated rings. The molecular formula is C21H19N3O4S. The van der Waals surface area contributed by atoms with Crippen molar-refractivity contribution in [1.82, 2.24) is 15.8 Å². The molecule has 0 aliphatic carbocycles. The molecule has 0 saturated heterocycles. The number of benzene rings is 2. The second kappa shape index (κ2) is 9.61. The zero-order valence-electron chi connectivity index (χ0n) is 15.7. The summed E-state index contributed by atoms with van der Waals surface area (Å²) in [6.45, 7) is 1.51. The largest absolute Gasteiger partial charge is 0.455 e. The van der Waals surface area contributed by atoms with Crippen molar-refractivity contribution in [3.63, 3.8) is 0 Å². The average Bonchev–Trinajstić information content (AvgIpc) is 3.20. The number of carbonyl (C=O) groups is 3. The van der Waals surface area contributed by atoms with E-state index in [0.29, 0.717) is 11.3 Å². The van der Waals surface area contributed by atoms with Crippen LogP contribution in [0.15, 0.2) is 60.0 Å². The third-order valence-electron chi connectivity index (χ3n) is 3.89. The van der Waals surface area contributed by atoms with Gasteiger partial charge < -0.3 is 4.74 Å². The first-order valence-electron chi connectivity index (χ1n) is 8.82. The van der Waals surface area contributed by atoms with Crippen molar-refractivity contribution in [1.29, 1.82) is 0 Å². The second-order valence-corrected chi connectivity index (χ2v) is 7.07. The van der Waals surface area contributed by atoms with Gasteiger partial charge in [0.25, 0.3) is 11.8 Å². The summed E-state index contributed by atoms with van der Waals surface area (Å²) >= 11 is 1.44. The Hall–Kier alpha value is -3.52. The van der Waals surface area contributed by atoms with Gasteiger partial charge in [0.15, 0.2) is 6.61 Å². The van der Waals surface area contributed by atoms with Crippen LogP contribution in [0.1, 0.15) is 21.6 Å². The van der Waals surface area contributed by atoms with Crippen molar-refractivity contribution in [2.75, 3.05) is 6.61 Å². The summed E-state index contributed by atoms with van der Waals surface area (Å²) in [5.41, 5.74) is 7.58. The average molecular weight is 409 g/mol. The number of thiazole rings is 1. The van der Waals surface area contributed by atoms with E-state index < -0.39 is 24.4 Å². The highest BCUT2D eigenvalue weighted by Gasteiger charge is 2.13. The Kier molecular flexibility index (Phi) is 6.70. The number of rotatable bonds is 6. The molecule has 0 spiro atoms. The van der Waals surface area contributed by atoms with Crippen molar-refractivity contribution in [3.8, 4) is 10.6 Å². The Morgan fingerprint density at radius 1 is 1.00 bits per heavy atom. The summed E-state index contributed by atoms with van der Waals surface area (Å²) in [6.07, 6.45) is -0.0357. The maximum absolute atomic E-state index is 11.9. The number of ether oxygens (including phenoxy) is 1. The maximum atomic E-state index is 11.9. The third-order valence-corrected chi connectivity index (χ3v) is 4.83. The standard InChI is InChI=1S/C21H19N3O4S/c1-14-7-9-16(10-8-14)21-22-17(13-29-21)11-19(26)28-12-18(25)23-24-20(27)15-5-3-2-4-6-15/h2-10,13H,11-12H2,1H3,(H,23,25)(H,24,27). The van der Waals surface area contributed by atoms with E-state index in [1.54, 1.807) is 35.7 Å². The van der Waals surface area contributed by atoms with Crippen LogP contribution in [0.4, 0.5) is 0 Å². The molecule has 0 radical (unpaired) electrons. The molecule has 0 aliphatic heterocycles. The number of esters is 1. The summed E-state index contributed by atoms with van der Waals surface area (Å²) in [5, 5.41) is 2.60. The highest BCUT2D eigenvalue weighted by Crippen LogP contribution is 2.24. The van der Waals surface area contributed by atoms with Gasteiger partial charge in [-0.1, -0.05) is 48.0 Å². The predicted octanol–water partition coefficient (Wildman–Crippen LogP) is 2.67. The van der Waals surface area contributed by atoms with Crippen LogP contribution in [-0.2, 0) is 20.7 Å². The van der Waals surface area contributed by atoms with Crippen LogP contribution < -0.4 is 10.9 Å². The number of hydrogen-bond acceptors (Lipinski definition) is 6. The molecule has 2 N–H and O–H groups in total. The van der Waals surface area contributed by atoms with Gasteiger partial charge in [-0.15, -0.1) is 11.3 Å². The Bertz CT molecular complexity index is 1000. The number of aromatic nitrogens is 1. The van der Waals surface area contributed by atoms with Gasteiger partial charge in [0.2, 0.25) is 0 Å². The van der Waals surface area contributed by atoms with Crippen LogP contribution in [-0.4, -0.2) is 29.4 Å². The van der Waals surface area contributed by atoms with Gasteiger partial charge in [0.05, 0.1) is 12.1 Å². The van der Waals surface area contributed by atoms with E-state index in [1.807, 2.05) is 31.2 Å². The minimum atomic E-state index is -0.638. The Balaban J connectivity index is 1.42. The molecule has 3 rings (SSSR count). The number of amides is 2. The lowest BCUT2D eigenvalue weighted by Gasteiger charge is -2.07. The van der Waals surface area contributed by atoms with Crippen LogP contribution in [0.2, 0.25) is 0 Å². The lowest BCUT2D eigenvalue weighted by atomic mass is 10.2. The highest BCUT2D eigenvalue weighted by atomic mass is 32.1. The van der Waals surface area contributed by atoms with E-state index in [-0.39, 0.29) is 6.42 Å². The van der Waals surface area contributed by atoms with Gasteiger partial charge in [-0.25, -0.2) is 4.98 Å². The lowest BCUT2D eigenvalue weighted by molar-refractivity contribution is -0.148. The predicted molar refractivity (Wildman–Crippen MR) is 109 cm³/mol. The number of hydrazine groups is 1. The molecule has 3 aromatic rings. The first kappa shape index (κ1) is 20.2. The molecule has 0 atom stereocenters. The van der Waals surface area contributed by atoms with Crippen molar-refractivity contribution in [2.45, 2.75) is 13.3 Å². The maximum Gasteiger partial charge on any atom is 0.312 e. The SMILES string of the molecule is Cc1ccc(-c2nc(CC(=O)OCC(=O)NNC(=O)c3ccccc3)cs2)cc1. The Morgan fingerprint density at radius 3 is 2.45 bits per heavy atom. The number of carbonyl (C=O) groups excluding carboxylic acids is 3. The van der Waals surface area contributed by atoms with Crippen LogP contribution in [0.3, 0.4) is 0 Å². The van der Waals surface area contributed by atoms with Crippen molar-refractivity contribution < 1.29 is 19.1 Å². The molecular weight excluding hydrogens is 390 g/mol. The molecule has 29 heavy (non-hydrogen) atoms. The van der Waals surface area contributed by atoms with Gasteiger partial charge in [-0.05, 0) is 19.1 Å². The van der Waals surface area contributed by atoms with E-state index in [9.17, 15) is 14.4 Å². The van der Waals surface area contributed by atoms with Gasteiger partial charge in [-0.2, -0.15) is 0 Å². The van der Waals surface area contributed by atoms with Crippen LogP contribution >= 0.6 is 11.3 Å². The van der Waals surface area contributed by atoms with E-state index >= 15 is 0 Å². The molecule has 0 aliphatic rings. The van der Waals surface area contributed by atoms with E-state index in [2.05, 4.69) is 15.8 Å². The zero-order chi connectivity index (χ0) is 20.6. The third kappa shape index (κ3) is 5.98. The van der Waals surface area contributed by atoms with Crippen molar-refractivity contribution >= 4 is 29.1 Å². The smallest absolute Gasteiger partial charge is 0.312 e. The molecule has 1 aromatic heterocycles. The molecule has 0 saturated carbocycles. The summed E-state index contributed by atoms with van der Waals surface area (Å²) in [6, 6.07) is 16.4. The first-order valence-corrected chi connectivity index (χ1v) is 9.70. The first-order chi connectivity index (χ1) is 14.0. The van der Waals surface area contributed by atoms with Crippen molar-refractivity contribution in [2.24, 2.45) is 0 Å². The van der Waals surface area contributed by atoms with Gasteiger partial charge in [0.1, 0.15) is 5.01 Å². The van der Waals surface area contributed by atoms with Crippen molar-refractivity contribution in [3.05, 3.63) is 76.8 Å². The normalized spacial score (nSPS) is 10.2. The quantitative estimate of drug-likeness (QED) is 0.482. The van der Waals surface area contributed by atoms with E-state index in [4.69, 9.17) is 4.74 Å². The molecule has 0 unspecified atom stereocenters. The highest BCUT2D eigenvalue weighted by molar-refractivity contribution is 7.13. The molecule has 7 nitrogen and oxygen atoms in total. The fourth-order valence-electron chi connectivity index (χ4n) is 2.39. The number of hydrogen-bond donors (Lipinski definition) is 2. The molecule has 8 heteroatoms. The molecule has 148 valence electrons.